The van der Waals surface area contributed by atoms with Crippen molar-refractivity contribution in [1.82, 2.24) is 9.47 Å². The van der Waals surface area contributed by atoms with Crippen molar-refractivity contribution in [1.29, 1.82) is 0 Å². The van der Waals surface area contributed by atoms with E-state index in [1.165, 1.54) is 32.1 Å². The van der Waals surface area contributed by atoms with Crippen molar-refractivity contribution in [2.24, 2.45) is 11.8 Å². The molecule has 1 aromatic rings. The lowest BCUT2D eigenvalue weighted by atomic mass is 10.0. The third-order valence-electron chi connectivity index (χ3n) is 5.04. The van der Waals surface area contributed by atoms with Gasteiger partial charge in [-0.3, -0.25) is 4.79 Å². The highest BCUT2D eigenvalue weighted by Crippen LogP contribution is 2.40. The Hall–Kier alpha value is -1.45. The number of aromatic nitrogens is 1. The number of carbonyl (C=O) groups excluding carboxylic acids is 1. The number of nitrogen functional groups attached to an aromatic ring is 1. The number of rotatable bonds is 2. The van der Waals surface area contributed by atoms with E-state index < -0.39 is 0 Å². The summed E-state index contributed by atoms with van der Waals surface area (Å²) in [4.78, 5) is 14.8. The summed E-state index contributed by atoms with van der Waals surface area (Å²) in [6.07, 6.45) is 8.25. The molecule has 2 N–H and O–H groups in total. The number of hydrogen-bond donors (Lipinski definition) is 1. The normalized spacial score (nSPS) is 29.8. The molecule has 2 unspecified atom stereocenters. The van der Waals surface area contributed by atoms with Crippen LogP contribution in [0.25, 0.3) is 0 Å². The molecule has 4 heteroatoms. The van der Waals surface area contributed by atoms with Crippen LogP contribution in [0.1, 0.15) is 48.6 Å². The summed E-state index contributed by atoms with van der Waals surface area (Å²) in [5.74, 6) is 1.70. The van der Waals surface area contributed by atoms with E-state index >= 15 is 0 Å². The minimum absolute atomic E-state index is 0.193. The van der Waals surface area contributed by atoms with Crippen LogP contribution in [0.2, 0.25) is 0 Å². The van der Waals surface area contributed by atoms with Crippen LogP contribution in [-0.2, 0) is 0 Å². The van der Waals surface area contributed by atoms with Gasteiger partial charge in [-0.15, -0.1) is 0 Å². The number of likely N-dealkylation sites (tertiary alicyclic amines) is 1. The standard InChI is InChI=1S/C15H21N3O/c16-12-6-14(18(9-12)13-4-5-13)15(19)17-7-10-2-1-3-11(10)8-17/h6,9-11,13H,1-5,7-8,16H2. The van der Waals surface area contributed by atoms with Crippen LogP contribution in [0.4, 0.5) is 5.69 Å². The first-order valence-electron chi connectivity index (χ1n) is 7.49. The van der Waals surface area contributed by atoms with Crippen molar-refractivity contribution in [3.05, 3.63) is 18.0 Å². The molecule has 0 radical (unpaired) electrons. The molecule has 1 saturated heterocycles. The Kier molecular flexibility index (Phi) is 2.41. The van der Waals surface area contributed by atoms with Gasteiger partial charge in [0.15, 0.2) is 0 Å². The smallest absolute Gasteiger partial charge is 0.270 e. The summed E-state index contributed by atoms with van der Waals surface area (Å²) in [6.45, 7) is 1.92. The molecule has 4 rings (SSSR count). The van der Waals surface area contributed by atoms with Crippen molar-refractivity contribution < 1.29 is 4.79 Å². The maximum atomic E-state index is 12.7. The molecule has 2 atom stereocenters. The van der Waals surface area contributed by atoms with Crippen LogP contribution in [0.5, 0.6) is 0 Å². The molecular formula is C15H21N3O. The van der Waals surface area contributed by atoms with Crippen molar-refractivity contribution >= 4 is 11.6 Å². The summed E-state index contributed by atoms with van der Waals surface area (Å²) in [5, 5.41) is 0. The van der Waals surface area contributed by atoms with Crippen LogP contribution in [0.3, 0.4) is 0 Å². The molecule has 2 aliphatic carbocycles. The van der Waals surface area contributed by atoms with Gasteiger partial charge in [-0.05, 0) is 43.6 Å². The Morgan fingerprint density at radius 3 is 2.47 bits per heavy atom. The Balaban J connectivity index is 1.57. The third-order valence-corrected chi connectivity index (χ3v) is 5.04. The molecule has 3 aliphatic rings. The number of nitrogens with two attached hydrogens (primary N) is 1. The Morgan fingerprint density at radius 1 is 1.16 bits per heavy atom. The fraction of sp³-hybridized carbons (Fsp3) is 0.667. The first-order valence-corrected chi connectivity index (χ1v) is 7.49. The molecule has 102 valence electrons. The lowest BCUT2D eigenvalue weighted by molar-refractivity contribution is 0.0769. The molecule has 0 bridgehead atoms. The lowest BCUT2D eigenvalue weighted by Gasteiger charge is -2.18. The highest BCUT2D eigenvalue weighted by Gasteiger charge is 2.39. The monoisotopic (exact) mass is 259 g/mol. The van der Waals surface area contributed by atoms with Gasteiger partial charge in [0, 0.05) is 25.3 Å². The first-order chi connectivity index (χ1) is 9.22. The number of nitrogens with zero attached hydrogens (tertiary/aromatic N) is 2. The second-order valence-electron chi connectivity index (χ2n) is 6.46. The minimum Gasteiger partial charge on any atom is -0.397 e. The maximum Gasteiger partial charge on any atom is 0.270 e. The van der Waals surface area contributed by atoms with E-state index in [1.807, 2.05) is 12.3 Å². The predicted molar refractivity (Wildman–Crippen MR) is 73.8 cm³/mol. The molecule has 3 fully saturated rings. The van der Waals surface area contributed by atoms with Gasteiger partial charge in [-0.25, -0.2) is 0 Å². The number of amides is 1. The van der Waals surface area contributed by atoms with Crippen molar-refractivity contribution in [2.75, 3.05) is 18.8 Å². The largest absolute Gasteiger partial charge is 0.397 e. The van der Waals surface area contributed by atoms with E-state index in [9.17, 15) is 4.79 Å². The average molecular weight is 259 g/mol. The predicted octanol–water partition coefficient (Wildman–Crippen LogP) is 2.28. The second kappa shape index (κ2) is 4.02. The summed E-state index contributed by atoms with van der Waals surface area (Å²) < 4.78 is 2.10. The minimum atomic E-state index is 0.193. The molecule has 0 spiro atoms. The molecule has 1 amide bonds. The highest BCUT2D eigenvalue weighted by atomic mass is 16.2. The fourth-order valence-electron chi connectivity index (χ4n) is 3.89. The van der Waals surface area contributed by atoms with E-state index in [0.717, 1.165) is 36.3 Å². The van der Waals surface area contributed by atoms with Crippen molar-refractivity contribution in [3.63, 3.8) is 0 Å². The molecule has 1 aliphatic heterocycles. The number of hydrogen-bond acceptors (Lipinski definition) is 2. The summed E-state index contributed by atoms with van der Waals surface area (Å²) in [6, 6.07) is 2.37. The Morgan fingerprint density at radius 2 is 1.84 bits per heavy atom. The lowest BCUT2D eigenvalue weighted by Crippen LogP contribution is -2.31. The van der Waals surface area contributed by atoms with Crippen LogP contribution < -0.4 is 5.73 Å². The van der Waals surface area contributed by atoms with Crippen LogP contribution in [0, 0.1) is 11.8 Å². The third kappa shape index (κ3) is 1.85. The van der Waals surface area contributed by atoms with E-state index in [0.29, 0.717) is 6.04 Å². The Bertz CT molecular complexity index is 505. The zero-order valence-corrected chi connectivity index (χ0v) is 11.2. The summed E-state index contributed by atoms with van der Waals surface area (Å²) in [5.41, 5.74) is 7.40. The molecule has 1 aromatic heterocycles. The van der Waals surface area contributed by atoms with Gasteiger partial charge in [-0.1, -0.05) is 6.42 Å². The van der Waals surface area contributed by atoms with E-state index in [-0.39, 0.29) is 5.91 Å². The van der Waals surface area contributed by atoms with Gasteiger partial charge in [0.2, 0.25) is 0 Å². The molecule has 19 heavy (non-hydrogen) atoms. The SMILES string of the molecule is Nc1cc(C(=O)N2CC3CCCC3C2)n(C2CC2)c1. The molecule has 0 aromatic carbocycles. The average Bonchev–Trinajstić information content (AvgIpc) is 2.82. The van der Waals surface area contributed by atoms with E-state index in [4.69, 9.17) is 5.73 Å². The summed E-state index contributed by atoms with van der Waals surface area (Å²) in [7, 11) is 0. The molecule has 2 heterocycles. The van der Waals surface area contributed by atoms with Gasteiger partial charge in [0.1, 0.15) is 5.69 Å². The topological polar surface area (TPSA) is 51.3 Å². The highest BCUT2D eigenvalue weighted by molar-refractivity contribution is 5.94. The zero-order valence-electron chi connectivity index (χ0n) is 11.2. The quantitative estimate of drug-likeness (QED) is 0.886. The molecular weight excluding hydrogens is 238 g/mol. The first kappa shape index (κ1) is 11.4. The van der Waals surface area contributed by atoms with Gasteiger partial charge >= 0.3 is 0 Å². The van der Waals surface area contributed by atoms with E-state index in [1.54, 1.807) is 0 Å². The number of fused-ring (bicyclic) bond motifs is 1. The van der Waals surface area contributed by atoms with Gasteiger partial charge in [0.05, 0.1) is 5.69 Å². The van der Waals surface area contributed by atoms with Crippen LogP contribution in [-0.4, -0.2) is 28.5 Å². The zero-order chi connectivity index (χ0) is 13.0. The molecule has 4 nitrogen and oxygen atoms in total. The summed E-state index contributed by atoms with van der Waals surface area (Å²) >= 11 is 0. The number of carbonyl (C=O) groups is 1. The Labute approximate surface area is 113 Å². The van der Waals surface area contributed by atoms with Crippen molar-refractivity contribution in [3.8, 4) is 0 Å². The van der Waals surface area contributed by atoms with Gasteiger partial charge in [0.25, 0.3) is 5.91 Å². The van der Waals surface area contributed by atoms with E-state index in [2.05, 4.69) is 9.47 Å². The van der Waals surface area contributed by atoms with Gasteiger partial charge < -0.3 is 15.2 Å². The van der Waals surface area contributed by atoms with Crippen LogP contribution >= 0.6 is 0 Å². The molecule has 2 saturated carbocycles. The van der Waals surface area contributed by atoms with Gasteiger partial charge in [-0.2, -0.15) is 0 Å². The van der Waals surface area contributed by atoms with Crippen LogP contribution in [0.15, 0.2) is 12.3 Å². The number of anilines is 1. The van der Waals surface area contributed by atoms with Crippen molar-refractivity contribution in [2.45, 2.75) is 38.1 Å². The fourth-order valence-corrected chi connectivity index (χ4v) is 3.89. The second-order valence-corrected chi connectivity index (χ2v) is 6.46. The maximum absolute atomic E-state index is 12.7.